The van der Waals surface area contributed by atoms with Crippen molar-refractivity contribution in [3.05, 3.63) is 34.5 Å². The Hall–Kier alpha value is -1.52. The first-order chi connectivity index (χ1) is 9.53. The number of H-pyrrole nitrogens is 1. The SMILES string of the molecule is CNC1(CNC(=O)c2cc3cc(C)c(Cl)cc3[nH]2)CC1. The lowest BCUT2D eigenvalue weighted by Gasteiger charge is -2.14. The molecule has 1 heterocycles. The van der Waals surface area contributed by atoms with Crippen LogP contribution in [0.5, 0.6) is 0 Å². The third kappa shape index (κ3) is 2.41. The van der Waals surface area contributed by atoms with E-state index in [2.05, 4.69) is 15.6 Å². The monoisotopic (exact) mass is 291 g/mol. The zero-order chi connectivity index (χ0) is 14.3. The van der Waals surface area contributed by atoms with Crippen molar-refractivity contribution in [1.82, 2.24) is 15.6 Å². The minimum absolute atomic E-state index is 0.0727. The molecule has 1 aliphatic rings. The molecule has 20 heavy (non-hydrogen) atoms. The second kappa shape index (κ2) is 4.79. The van der Waals surface area contributed by atoms with Gasteiger partial charge >= 0.3 is 0 Å². The summed E-state index contributed by atoms with van der Waals surface area (Å²) in [6, 6.07) is 5.72. The van der Waals surface area contributed by atoms with Crippen molar-refractivity contribution in [3.8, 4) is 0 Å². The maximum atomic E-state index is 12.2. The van der Waals surface area contributed by atoms with Crippen molar-refractivity contribution >= 4 is 28.4 Å². The number of aromatic amines is 1. The van der Waals surface area contributed by atoms with E-state index in [0.717, 1.165) is 29.3 Å². The highest BCUT2D eigenvalue weighted by atomic mass is 35.5. The van der Waals surface area contributed by atoms with Crippen molar-refractivity contribution in [1.29, 1.82) is 0 Å². The number of hydrogen-bond acceptors (Lipinski definition) is 2. The zero-order valence-corrected chi connectivity index (χ0v) is 12.4. The van der Waals surface area contributed by atoms with Gasteiger partial charge in [-0.25, -0.2) is 0 Å². The molecule has 0 atom stereocenters. The van der Waals surface area contributed by atoms with Gasteiger partial charge in [0, 0.05) is 28.0 Å². The van der Waals surface area contributed by atoms with Gasteiger partial charge < -0.3 is 15.6 Å². The molecule has 3 N–H and O–H groups in total. The predicted molar refractivity (Wildman–Crippen MR) is 81.4 cm³/mol. The van der Waals surface area contributed by atoms with E-state index >= 15 is 0 Å². The molecule has 1 fully saturated rings. The lowest BCUT2D eigenvalue weighted by atomic mass is 10.2. The number of benzene rings is 1. The van der Waals surface area contributed by atoms with E-state index in [1.807, 2.05) is 32.2 Å². The Morgan fingerprint density at radius 1 is 1.40 bits per heavy atom. The van der Waals surface area contributed by atoms with Gasteiger partial charge in [-0.05, 0) is 50.6 Å². The first-order valence-electron chi connectivity index (χ1n) is 6.79. The van der Waals surface area contributed by atoms with Crippen LogP contribution >= 0.6 is 11.6 Å². The zero-order valence-electron chi connectivity index (χ0n) is 11.6. The minimum Gasteiger partial charge on any atom is -0.350 e. The second-order valence-corrected chi connectivity index (χ2v) is 5.99. The molecule has 1 amide bonds. The number of hydrogen-bond donors (Lipinski definition) is 3. The number of aryl methyl sites for hydroxylation is 1. The van der Waals surface area contributed by atoms with E-state index in [0.29, 0.717) is 17.3 Å². The first-order valence-corrected chi connectivity index (χ1v) is 7.17. The molecule has 4 nitrogen and oxygen atoms in total. The second-order valence-electron chi connectivity index (χ2n) is 5.58. The van der Waals surface area contributed by atoms with E-state index in [-0.39, 0.29) is 11.4 Å². The molecule has 0 saturated heterocycles. The van der Waals surface area contributed by atoms with Crippen LogP contribution in [-0.4, -0.2) is 30.0 Å². The Morgan fingerprint density at radius 2 is 2.15 bits per heavy atom. The van der Waals surface area contributed by atoms with Gasteiger partial charge in [-0.1, -0.05) is 11.6 Å². The van der Waals surface area contributed by atoms with Crippen molar-refractivity contribution < 1.29 is 4.79 Å². The molecule has 5 heteroatoms. The fourth-order valence-corrected chi connectivity index (χ4v) is 2.56. The van der Waals surface area contributed by atoms with Crippen LogP contribution < -0.4 is 10.6 Å². The summed E-state index contributed by atoms with van der Waals surface area (Å²) in [5.74, 6) is -0.0727. The topological polar surface area (TPSA) is 56.9 Å². The molecular formula is C15H18ClN3O. The summed E-state index contributed by atoms with van der Waals surface area (Å²) < 4.78 is 0. The number of aromatic nitrogens is 1. The molecule has 1 aromatic carbocycles. The van der Waals surface area contributed by atoms with Gasteiger partial charge in [0.1, 0.15) is 5.69 Å². The summed E-state index contributed by atoms with van der Waals surface area (Å²) in [6.07, 6.45) is 2.23. The normalized spacial score (nSPS) is 16.4. The molecule has 2 aromatic rings. The number of rotatable bonds is 4. The van der Waals surface area contributed by atoms with Crippen LogP contribution in [0.4, 0.5) is 0 Å². The summed E-state index contributed by atoms with van der Waals surface area (Å²) in [6.45, 7) is 2.62. The molecule has 3 rings (SSSR count). The molecule has 0 radical (unpaired) electrons. The molecule has 0 bridgehead atoms. The Morgan fingerprint density at radius 3 is 2.80 bits per heavy atom. The van der Waals surface area contributed by atoms with Crippen LogP contribution in [0.2, 0.25) is 5.02 Å². The lowest BCUT2D eigenvalue weighted by Crippen LogP contribution is -2.41. The minimum atomic E-state index is -0.0727. The molecular weight excluding hydrogens is 274 g/mol. The first kappa shape index (κ1) is 13.5. The largest absolute Gasteiger partial charge is 0.350 e. The molecule has 0 unspecified atom stereocenters. The number of halogens is 1. The summed E-state index contributed by atoms with van der Waals surface area (Å²) >= 11 is 6.10. The van der Waals surface area contributed by atoms with Crippen LogP contribution in [0.1, 0.15) is 28.9 Å². The molecule has 1 saturated carbocycles. The average molecular weight is 292 g/mol. The maximum Gasteiger partial charge on any atom is 0.267 e. The van der Waals surface area contributed by atoms with Crippen LogP contribution in [0.3, 0.4) is 0 Å². The highest BCUT2D eigenvalue weighted by molar-refractivity contribution is 6.32. The molecule has 1 aromatic heterocycles. The number of amides is 1. The van der Waals surface area contributed by atoms with Crippen molar-refractivity contribution in [2.75, 3.05) is 13.6 Å². The van der Waals surface area contributed by atoms with Gasteiger partial charge in [0.05, 0.1) is 0 Å². The van der Waals surface area contributed by atoms with Gasteiger partial charge in [0.2, 0.25) is 0 Å². The van der Waals surface area contributed by atoms with Crippen molar-refractivity contribution in [2.24, 2.45) is 0 Å². The molecule has 0 aliphatic heterocycles. The summed E-state index contributed by atoms with van der Waals surface area (Å²) in [5, 5.41) is 7.95. The standard InChI is InChI=1S/C15H18ClN3O/c1-9-5-10-6-13(19-12(10)7-11(9)16)14(20)18-8-15(17-2)3-4-15/h5-7,17,19H,3-4,8H2,1-2H3,(H,18,20). The average Bonchev–Trinajstić information content (AvgIpc) is 3.11. The maximum absolute atomic E-state index is 12.2. The summed E-state index contributed by atoms with van der Waals surface area (Å²) in [4.78, 5) is 15.3. The number of nitrogens with one attached hydrogen (secondary N) is 3. The fraction of sp³-hybridized carbons (Fsp3) is 0.400. The van der Waals surface area contributed by atoms with E-state index in [4.69, 9.17) is 11.6 Å². The Labute approximate surface area is 122 Å². The fourth-order valence-electron chi connectivity index (χ4n) is 2.40. The van der Waals surface area contributed by atoms with Crippen molar-refractivity contribution in [2.45, 2.75) is 25.3 Å². The quantitative estimate of drug-likeness (QED) is 0.811. The smallest absolute Gasteiger partial charge is 0.267 e. The summed E-state index contributed by atoms with van der Waals surface area (Å²) in [5.41, 5.74) is 2.59. The van der Waals surface area contributed by atoms with Gasteiger partial charge in [-0.2, -0.15) is 0 Å². The number of carbonyl (C=O) groups excluding carboxylic acids is 1. The van der Waals surface area contributed by atoms with Gasteiger partial charge in [0.25, 0.3) is 5.91 Å². The highest BCUT2D eigenvalue weighted by Gasteiger charge is 2.41. The van der Waals surface area contributed by atoms with E-state index in [1.165, 1.54) is 0 Å². The van der Waals surface area contributed by atoms with Crippen LogP contribution in [0, 0.1) is 6.92 Å². The summed E-state index contributed by atoms with van der Waals surface area (Å²) in [7, 11) is 1.94. The Kier molecular flexibility index (Phi) is 3.22. The van der Waals surface area contributed by atoms with Crippen LogP contribution in [-0.2, 0) is 0 Å². The number of fused-ring (bicyclic) bond motifs is 1. The van der Waals surface area contributed by atoms with Crippen LogP contribution in [0.25, 0.3) is 10.9 Å². The number of carbonyl (C=O) groups is 1. The Balaban J connectivity index is 1.78. The van der Waals surface area contributed by atoms with E-state index < -0.39 is 0 Å². The van der Waals surface area contributed by atoms with Gasteiger partial charge in [-0.15, -0.1) is 0 Å². The molecule has 106 valence electrons. The lowest BCUT2D eigenvalue weighted by molar-refractivity contribution is 0.0944. The molecule has 0 spiro atoms. The van der Waals surface area contributed by atoms with E-state index in [1.54, 1.807) is 0 Å². The third-order valence-electron chi connectivity index (χ3n) is 4.12. The van der Waals surface area contributed by atoms with Gasteiger partial charge in [0.15, 0.2) is 0 Å². The third-order valence-corrected chi connectivity index (χ3v) is 4.52. The Bertz CT molecular complexity index is 634. The predicted octanol–water partition coefficient (Wildman–Crippen LogP) is 2.61. The number of likely N-dealkylation sites (N-methyl/N-ethyl adjacent to an activating group) is 1. The van der Waals surface area contributed by atoms with E-state index in [9.17, 15) is 4.79 Å². The van der Waals surface area contributed by atoms with Crippen LogP contribution in [0.15, 0.2) is 18.2 Å². The van der Waals surface area contributed by atoms with Crippen molar-refractivity contribution in [3.63, 3.8) is 0 Å². The highest BCUT2D eigenvalue weighted by Crippen LogP contribution is 2.33. The van der Waals surface area contributed by atoms with Gasteiger partial charge in [-0.3, -0.25) is 4.79 Å². The molecule has 1 aliphatic carbocycles.